The molecule has 0 aliphatic carbocycles. The van der Waals surface area contributed by atoms with Gasteiger partial charge in [-0.1, -0.05) is 0 Å². The van der Waals surface area contributed by atoms with Gasteiger partial charge in [0.1, 0.15) is 5.75 Å². The normalized spacial score (nSPS) is 18.4. The summed E-state index contributed by atoms with van der Waals surface area (Å²) in [5, 5.41) is 0. The van der Waals surface area contributed by atoms with Crippen LogP contribution in [0.5, 0.6) is 5.75 Å². The van der Waals surface area contributed by atoms with Gasteiger partial charge in [0.25, 0.3) is 0 Å². The summed E-state index contributed by atoms with van der Waals surface area (Å²) in [4.78, 5) is 17.1. The van der Waals surface area contributed by atoms with E-state index >= 15 is 0 Å². The molecular formula is C16H25N3O2. The minimum absolute atomic E-state index is 0.115. The number of hydrogen-bond donors (Lipinski definition) is 1. The zero-order valence-electron chi connectivity index (χ0n) is 13.1. The number of carbonyl (C=O) groups excluding carboxylic acids is 1. The van der Waals surface area contributed by atoms with Crippen molar-refractivity contribution < 1.29 is 9.53 Å². The van der Waals surface area contributed by atoms with Gasteiger partial charge in [0.05, 0.1) is 18.3 Å². The molecule has 21 heavy (non-hydrogen) atoms. The second-order valence-corrected chi connectivity index (χ2v) is 5.57. The molecule has 5 nitrogen and oxygen atoms in total. The number of piperazine rings is 1. The number of nitrogens with two attached hydrogens (primary N) is 1. The van der Waals surface area contributed by atoms with E-state index in [9.17, 15) is 4.79 Å². The van der Waals surface area contributed by atoms with Crippen LogP contribution in [0.25, 0.3) is 0 Å². The maximum atomic E-state index is 12.6. The van der Waals surface area contributed by atoms with Gasteiger partial charge in [0.15, 0.2) is 5.78 Å². The second-order valence-electron chi connectivity index (χ2n) is 5.57. The Balaban J connectivity index is 2.07. The molecule has 1 aliphatic heterocycles. The van der Waals surface area contributed by atoms with E-state index in [1.165, 1.54) is 0 Å². The fraction of sp³-hybridized carbons (Fsp3) is 0.562. The van der Waals surface area contributed by atoms with E-state index in [1.54, 1.807) is 18.2 Å². The summed E-state index contributed by atoms with van der Waals surface area (Å²) in [6, 6.07) is 5.19. The van der Waals surface area contributed by atoms with Crippen LogP contribution in [0.4, 0.5) is 5.69 Å². The van der Waals surface area contributed by atoms with Crippen LogP contribution in [0.3, 0.4) is 0 Å². The van der Waals surface area contributed by atoms with Crippen molar-refractivity contribution in [1.82, 2.24) is 9.80 Å². The Bertz CT molecular complexity index is 496. The Morgan fingerprint density at radius 1 is 1.33 bits per heavy atom. The van der Waals surface area contributed by atoms with Crippen LogP contribution in [0.15, 0.2) is 18.2 Å². The standard InChI is InChI=1S/C16H25N3O2/c1-4-21-15-6-5-13(11-14(15)17)16(20)12(2)19-9-7-18(3)8-10-19/h5-6,11-12H,4,7-10,17H2,1-3H3. The first kappa shape index (κ1) is 15.8. The topological polar surface area (TPSA) is 58.8 Å². The van der Waals surface area contributed by atoms with Gasteiger partial charge >= 0.3 is 0 Å². The summed E-state index contributed by atoms with van der Waals surface area (Å²) in [5.74, 6) is 0.760. The van der Waals surface area contributed by atoms with Crippen molar-refractivity contribution in [2.75, 3.05) is 45.6 Å². The molecule has 1 aromatic carbocycles. The van der Waals surface area contributed by atoms with Crippen molar-refractivity contribution in [3.8, 4) is 5.75 Å². The molecule has 2 N–H and O–H groups in total. The third-order valence-electron chi connectivity index (χ3n) is 4.06. The number of hydrogen-bond acceptors (Lipinski definition) is 5. The van der Waals surface area contributed by atoms with Crippen molar-refractivity contribution in [2.45, 2.75) is 19.9 Å². The molecule has 0 aromatic heterocycles. The predicted molar refractivity (Wildman–Crippen MR) is 84.9 cm³/mol. The summed E-state index contributed by atoms with van der Waals surface area (Å²) in [6.07, 6.45) is 0. The maximum Gasteiger partial charge on any atom is 0.179 e. The lowest BCUT2D eigenvalue weighted by atomic mass is 10.0. The molecule has 1 heterocycles. The van der Waals surface area contributed by atoms with Crippen molar-refractivity contribution in [3.63, 3.8) is 0 Å². The molecule has 2 rings (SSSR count). The molecule has 0 amide bonds. The Kier molecular flexibility index (Phi) is 5.20. The van der Waals surface area contributed by atoms with E-state index in [2.05, 4.69) is 16.8 Å². The summed E-state index contributed by atoms with van der Waals surface area (Å²) in [6.45, 7) is 8.31. The molecule has 0 bridgehead atoms. The Morgan fingerprint density at radius 2 is 2.00 bits per heavy atom. The van der Waals surface area contributed by atoms with E-state index in [0.717, 1.165) is 26.2 Å². The van der Waals surface area contributed by atoms with Gasteiger partial charge in [-0.25, -0.2) is 0 Å². The van der Waals surface area contributed by atoms with Gasteiger partial charge in [-0.2, -0.15) is 0 Å². The summed E-state index contributed by atoms with van der Waals surface area (Å²) in [5.41, 5.74) is 7.12. The van der Waals surface area contributed by atoms with Crippen molar-refractivity contribution in [2.24, 2.45) is 0 Å². The Morgan fingerprint density at radius 3 is 2.57 bits per heavy atom. The fourth-order valence-electron chi connectivity index (χ4n) is 2.60. The smallest absolute Gasteiger partial charge is 0.179 e. The predicted octanol–water partition coefficient (Wildman–Crippen LogP) is 1.49. The molecule has 5 heteroatoms. The highest BCUT2D eigenvalue weighted by Crippen LogP contribution is 2.24. The first-order chi connectivity index (χ1) is 10.0. The highest BCUT2D eigenvalue weighted by Gasteiger charge is 2.25. The molecular weight excluding hydrogens is 266 g/mol. The number of nitrogens with zero attached hydrogens (tertiary/aromatic N) is 2. The maximum absolute atomic E-state index is 12.6. The third-order valence-corrected chi connectivity index (χ3v) is 4.06. The highest BCUT2D eigenvalue weighted by atomic mass is 16.5. The fourth-order valence-corrected chi connectivity index (χ4v) is 2.60. The largest absolute Gasteiger partial charge is 0.492 e. The van der Waals surface area contributed by atoms with Crippen LogP contribution in [-0.2, 0) is 0 Å². The number of ketones is 1. The molecule has 1 fully saturated rings. The van der Waals surface area contributed by atoms with Crippen LogP contribution in [0.1, 0.15) is 24.2 Å². The van der Waals surface area contributed by atoms with Crippen molar-refractivity contribution in [3.05, 3.63) is 23.8 Å². The van der Waals surface area contributed by atoms with Gasteiger partial charge in [0.2, 0.25) is 0 Å². The van der Waals surface area contributed by atoms with Crippen LogP contribution in [-0.4, -0.2) is 61.5 Å². The Labute approximate surface area is 126 Å². The lowest BCUT2D eigenvalue weighted by Gasteiger charge is -2.35. The quantitative estimate of drug-likeness (QED) is 0.658. The van der Waals surface area contributed by atoms with E-state index in [1.807, 2.05) is 13.8 Å². The average Bonchev–Trinajstić information content (AvgIpc) is 2.49. The SMILES string of the molecule is CCOc1ccc(C(=O)C(C)N2CCN(C)CC2)cc1N. The molecule has 1 aromatic rings. The molecule has 1 aliphatic rings. The van der Waals surface area contributed by atoms with Crippen LogP contribution in [0, 0.1) is 0 Å². The van der Waals surface area contributed by atoms with E-state index in [0.29, 0.717) is 23.6 Å². The molecule has 0 spiro atoms. The number of likely N-dealkylation sites (N-methyl/N-ethyl adjacent to an activating group) is 1. The summed E-state index contributed by atoms with van der Waals surface area (Å²) < 4.78 is 5.41. The first-order valence-electron chi connectivity index (χ1n) is 7.52. The number of anilines is 1. The van der Waals surface area contributed by atoms with Gasteiger partial charge < -0.3 is 15.4 Å². The van der Waals surface area contributed by atoms with Gasteiger partial charge in [-0.15, -0.1) is 0 Å². The molecule has 1 unspecified atom stereocenters. The monoisotopic (exact) mass is 291 g/mol. The average molecular weight is 291 g/mol. The number of ether oxygens (including phenoxy) is 1. The molecule has 1 atom stereocenters. The third kappa shape index (κ3) is 3.74. The summed E-state index contributed by atoms with van der Waals surface area (Å²) >= 11 is 0. The molecule has 0 radical (unpaired) electrons. The summed E-state index contributed by atoms with van der Waals surface area (Å²) in [7, 11) is 2.11. The number of nitrogen functional groups attached to an aromatic ring is 1. The number of benzene rings is 1. The zero-order chi connectivity index (χ0) is 15.4. The van der Waals surface area contributed by atoms with E-state index in [-0.39, 0.29) is 11.8 Å². The van der Waals surface area contributed by atoms with Crippen LogP contribution >= 0.6 is 0 Å². The van der Waals surface area contributed by atoms with Crippen molar-refractivity contribution >= 4 is 11.5 Å². The number of carbonyl (C=O) groups is 1. The molecule has 1 saturated heterocycles. The molecule has 0 saturated carbocycles. The number of Topliss-reactive ketones (excluding diaryl/α,β-unsaturated/α-hetero) is 1. The zero-order valence-corrected chi connectivity index (χ0v) is 13.1. The van der Waals surface area contributed by atoms with Gasteiger partial charge in [-0.3, -0.25) is 9.69 Å². The van der Waals surface area contributed by atoms with Crippen LogP contribution in [0.2, 0.25) is 0 Å². The minimum Gasteiger partial charge on any atom is -0.492 e. The Hall–Kier alpha value is -1.59. The lowest BCUT2D eigenvalue weighted by Crippen LogP contribution is -2.50. The number of rotatable bonds is 5. The first-order valence-corrected chi connectivity index (χ1v) is 7.52. The van der Waals surface area contributed by atoms with E-state index in [4.69, 9.17) is 10.5 Å². The molecule has 116 valence electrons. The van der Waals surface area contributed by atoms with Gasteiger partial charge in [0, 0.05) is 31.7 Å². The lowest BCUT2D eigenvalue weighted by molar-refractivity contribution is 0.0738. The van der Waals surface area contributed by atoms with E-state index < -0.39 is 0 Å². The minimum atomic E-state index is -0.115. The van der Waals surface area contributed by atoms with Gasteiger partial charge in [-0.05, 0) is 39.1 Å². The van der Waals surface area contributed by atoms with Crippen molar-refractivity contribution in [1.29, 1.82) is 0 Å². The van der Waals surface area contributed by atoms with Crippen LogP contribution < -0.4 is 10.5 Å². The highest BCUT2D eigenvalue weighted by molar-refractivity contribution is 6.00. The second kappa shape index (κ2) is 6.91.